The zero-order chi connectivity index (χ0) is 17.5. The van der Waals surface area contributed by atoms with Crippen LogP contribution in [0.4, 0.5) is 4.79 Å². The highest BCUT2D eigenvalue weighted by Crippen LogP contribution is 2.28. The number of nitrogens with one attached hydrogen (secondary N) is 1. The molecular weight excluding hydrogens is 306 g/mol. The number of ether oxygens (including phenoxy) is 1. The average Bonchev–Trinajstić information content (AvgIpc) is 2.84. The van der Waals surface area contributed by atoms with Gasteiger partial charge in [0.25, 0.3) is 5.56 Å². The molecule has 3 aromatic rings. The Morgan fingerprint density at radius 3 is 2.67 bits per heavy atom. The zero-order valence-corrected chi connectivity index (χ0v) is 14.1. The van der Waals surface area contributed by atoms with E-state index < -0.39 is 11.7 Å². The molecule has 24 heavy (non-hydrogen) atoms. The molecule has 3 rings (SSSR count). The Balaban J connectivity index is 2.28. The number of H-pyrrole nitrogens is 1. The molecule has 0 fully saturated rings. The van der Waals surface area contributed by atoms with E-state index in [9.17, 15) is 9.59 Å². The van der Waals surface area contributed by atoms with E-state index in [2.05, 4.69) is 9.97 Å². The molecule has 0 bridgehead atoms. The van der Waals surface area contributed by atoms with Crippen molar-refractivity contribution in [3.05, 3.63) is 52.7 Å². The van der Waals surface area contributed by atoms with Gasteiger partial charge in [0.15, 0.2) is 0 Å². The van der Waals surface area contributed by atoms with Gasteiger partial charge >= 0.3 is 6.09 Å². The molecule has 6 nitrogen and oxygen atoms in total. The molecule has 2 aromatic heterocycles. The van der Waals surface area contributed by atoms with Gasteiger partial charge in [-0.2, -0.15) is 0 Å². The molecule has 0 saturated heterocycles. The van der Waals surface area contributed by atoms with E-state index in [1.807, 2.05) is 25.1 Å². The second-order valence-corrected chi connectivity index (χ2v) is 6.70. The molecule has 0 spiro atoms. The van der Waals surface area contributed by atoms with E-state index in [1.165, 1.54) is 17.1 Å². The van der Waals surface area contributed by atoms with Crippen LogP contribution in [-0.4, -0.2) is 26.2 Å². The second kappa shape index (κ2) is 5.63. The van der Waals surface area contributed by atoms with Crippen LogP contribution >= 0.6 is 0 Å². The molecule has 0 aliphatic carbocycles. The lowest BCUT2D eigenvalue weighted by atomic mass is 10.1. The highest BCUT2D eigenvalue weighted by atomic mass is 16.6. The summed E-state index contributed by atoms with van der Waals surface area (Å²) < 4.78 is 6.94. The van der Waals surface area contributed by atoms with Gasteiger partial charge in [0.1, 0.15) is 5.60 Å². The summed E-state index contributed by atoms with van der Waals surface area (Å²) in [6.07, 6.45) is 2.23. The lowest BCUT2D eigenvalue weighted by Gasteiger charge is -2.20. The van der Waals surface area contributed by atoms with Gasteiger partial charge < -0.3 is 9.72 Å². The predicted molar refractivity (Wildman–Crippen MR) is 92.2 cm³/mol. The number of nitrogens with zero attached hydrogens (tertiary/aromatic N) is 2. The summed E-state index contributed by atoms with van der Waals surface area (Å²) in [4.78, 5) is 31.4. The third-order valence-electron chi connectivity index (χ3n) is 3.53. The molecule has 0 saturated carbocycles. The standard InChI is InChI=1S/C18H19N3O3/c1-11-5-6-14-12(7-11)8-15(13-9-19-10-20-16(13)22)21(14)17(23)24-18(2,3)4/h5-10H,1-4H3,(H,19,20,22). The maximum absolute atomic E-state index is 12.7. The number of carbonyl (C=O) groups is 1. The van der Waals surface area contributed by atoms with Crippen molar-refractivity contribution < 1.29 is 9.53 Å². The fourth-order valence-electron chi connectivity index (χ4n) is 2.56. The van der Waals surface area contributed by atoms with Crippen LogP contribution in [0.2, 0.25) is 0 Å². The minimum absolute atomic E-state index is 0.311. The first kappa shape index (κ1) is 16.0. The summed E-state index contributed by atoms with van der Waals surface area (Å²) in [7, 11) is 0. The summed E-state index contributed by atoms with van der Waals surface area (Å²) in [5.74, 6) is 0. The quantitative estimate of drug-likeness (QED) is 0.743. The van der Waals surface area contributed by atoms with Crippen LogP contribution in [0, 0.1) is 6.92 Å². The topological polar surface area (TPSA) is 77.0 Å². The monoisotopic (exact) mass is 325 g/mol. The van der Waals surface area contributed by atoms with Gasteiger partial charge in [0.05, 0.1) is 23.1 Å². The van der Waals surface area contributed by atoms with E-state index in [-0.39, 0.29) is 5.56 Å². The fraction of sp³-hybridized carbons (Fsp3) is 0.278. The maximum atomic E-state index is 12.7. The van der Waals surface area contributed by atoms with Crippen molar-refractivity contribution in [2.24, 2.45) is 0 Å². The van der Waals surface area contributed by atoms with Crippen LogP contribution in [0.3, 0.4) is 0 Å². The molecule has 0 radical (unpaired) electrons. The highest BCUT2D eigenvalue weighted by molar-refractivity contribution is 5.96. The van der Waals surface area contributed by atoms with Gasteiger partial charge in [-0.15, -0.1) is 0 Å². The third kappa shape index (κ3) is 2.95. The van der Waals surface area contributed by atoms with Gasteiger partial charge in [0, 0.05) is 11.6 Å². The van der Waals surface area contributed by atoms with Gasteiger partial charge in [-0.3, -0.25) is 4.79 Å². The Labute approximate surface area is 139 Å². The first-order valence-electron chi connectivity index (χ1n) is 7.65. The summed E-state index contributed by atoms with van der Waals surface area (Å²) in [6.45, 7) is 7.38. The largest absolute Gasteiger partial charge is 0.443 e. The smallest absolute Gasteiger partial charge is 0.419 e. The number of aromatic amines is 1. The third-order valence-corrected chi connectivity index (χ3v) is 3.53. The van der Waals surface area contributed by atoms with E-state index >= 15 is 0 Å². The number of fused-ring (bicyclic) bond motifs is 1. The van der Waals surface area contributed by atoms with Crippen molar-refractivity contribution in [3.8, 4) is 11.3 Å². The highest BCUT2D eigenvalue weighted by Gasteiger charge is 2.23. The van der Waals surface area contributed by atoms with Gasteiger partial charge in [0.2, 0.25) is 0 Å². The Morgan fingerprint density at radius 2 is 2.00 bits per heavy atom. The summed E-state index contributed by atoms with van der Waals surface area (Å²) in [5.41, 5.74) is 1.58. The van der Waals surface area contributed by atoms with E-state index in [1.54, 1.807) is 26.8 Å². The number of aryl methyl sites for hydroxylation is 1. The number of rotatable bonds is 1. The first-order chi connectivity index (χ1) is 11.3. The Kier molecular flexibility index (Phi) is 3.75. The molecular formula is C18H19N3O3. The number of hydrogen-bond donors (Lipinski definition) is 1. The van der Waals surface area contributed by atoms with Crippen LogP contribution in [0.5, 0.6) is 0 Å². The molecule has 0 aliphatic heterocycles. The predicted octanol–water partition coefficient (Wildman–Crippen LogP) is 3.48. The Morgan fingerprint density at radius 1 is 1.25 bits per heavy atom. The number of carbonyl (C=O) groups excluding carboxylic acids is 1. The summed E-state index contributed by atoms with van der Waals surface area (Å²) >= 11 is 0. The SMILES string of the molecule is Cc1ccc2c(c1)cc(-c1cnc[nH]c1=O)n2C(=O)OC(C)(C)C. The molecule has 1 aromatic carbocycles. The number of hydrogen-bond acceptors (Lipinski definition) is 4. The van der Waals surface area contributed by atoms with E-state index in [4.69, 9.17) is 4.74 Å². The molecule has 6 heteroatoms. The van der Waals surface area contributed by atoms with Crippen LogP contribution in [0.1, 0.15) is 26.3 Å². The van der Waals surface area contributed by atoms with Crippen LogP contribution in [-0.2, 0) is 4.74 Å². The lowest BCUT2D eigenvalue weighted by Crippen LogP contribution is -2.28. The molecule has 0 unspecified atom stereocenters. The minimum Gasteiger partial charge on any atom is -0.443 e. The Bertz CT molecular complexity index is 977. The summed E-state index contributed by atoms with van der Waals surface area (Å²) in [5, 5.41) is 0.860. The average molecular weight is 325 g/mol. The van der Waals surface area contributed by atoms with Gasteiger partial charge in [-0.05, 0) is 45.9 Å². The molecule has 2 heterocycles. The zero-order valence-electron chi connectivity index (χ0n) is 14.1. The van der Waals surface area contributed by atoms with Crippen LogP contribution in [0.15, 0.2) is 41.6 Å². The van der Waals surface area contributed by atoms with Crippen molar-refractivity contribution in [1.29, 1.82) is 0 Å². The Hall–Kier alpha value is -2.89. The molecule has 124 valence electrons. The molecule has 0 aliphatic rings. The summed E-state index contributed by atoms with van der Waals surface area (Å²) in [6, 6.07) is 7.53. The first-order valence-corrected chi connectivity index (χ1v) is 7.65. The number of aromatic nitrogens is 3. The van der Waals surface area contributed by atoms with Crippen LogP contribution in [0.25, 0.3) is 22.2 Å². The van der Waals surface area contributed by atoms with E-state index in [0.29, 0.717) is 16.8 Å². The van der Waals surface area contributed by atoms with E-state index in [0.717, 1.165) is 10.9 Å². The van der Waals surface area contributed by atoms with Gasteiger partial charge in [-0.1, -0.05) is 11.6 Å². The van der Waals surface area contributed by atoms with Crippen LogP contribution < -0.4 is 5.56 Å². The molecule has 0 atom stereocenters. The molecule has 1 N–H and O–H groups in total. The normalized spacial score (nSPS) is 11.7. The lowest BCUT2D eigenvalue weighted by molar-refractivity contribution is 0.0547. The van der Waals surface area contributed by atoms with Crippen molar-refractivity contribution in [1.82, 2.24) is 14.5 Å². The van der Waals surface area contributed by atoms with Gasteiger partial charge in [-0.25, -0.2) is 14.3 Å². The van der Waals surface area contributed by atoms with Crippen molar-refractivity contribution in [2.45, 2.75) is 33.3 Å². The molecule has 0 amide bonds. The minimum atomic E-state index is -0.642. The van der Waals surface area contributed by atoms with Crippen molar-refractivity contribution in [2.75, 3.05) is 0 Å². The van der Waals surface area contributed by atoms with Crippen molar-refractivity contribution in [3.63, 3.8) is 0 Å². The number of benzene rings is 1. The second-order valence-electron chi connectivity index (χ2n) is 6.70. The van der Waals surface area contributed by atoms with Crippen molar-refractivity contribution >= 4 is 17.0 Å². The maximum Gasteiger partial charge on any atom is 0.419 e. The fourth-order valence-corrected chi connectivity index (χ4v) is 2.56.